The number of H-pyrrole nitrogens is 1. The van der Waals surface area contributed by atoms with E-state index in [1.54, 1.807) is 6.20 Å². The molecular weight excluding hydrogens is 224 g/mol. The number of nitrogens with two attached hydrogens (primary N) is 1. The van der Waals surface area contributed by atoms with Crippen LogP contribution in [0.3, 0.4) is 0 Å². The molecule has 1 aromatic carbocycles. The molecule has 0 bridgehead atoms. The Morgan fingerprint density at radius 2 is 2.06 bits per heavy atom. The monoisotopic (exact) mass is 244 g/mol. The molecular formula is C14H20N4. The first-order chi connectivity index (χ1) is 8.66. The Morgan fingerprint density at radius 1 is 1.28 bits per heavy atom. The lowest BCUT2D eigenvalue weighted by Gasteiger charge is -2.36. The SMILES string of the molecule is CC1(Nc2cc3[nH]ncc3cc2N)CCCCC1. The summed E-state index contributed by atoms with van der Waals surface area (Å²) in [6.45, 7) is 2.29. The number of aromatic nitrogens is 2. The third-order valence-electron chi connectivity index (χ3n) is 4.00. The van der Waals surface area contributed by atoms with Crippen LogP contribution in [0.25, 0.3) is 10.9 Å². The van der Waals surface area contributed by atoms with Gasteiger partial charge in [-0.3, -0.25) is 5.10 Å². The van der Waals surface area contributed by atoms with Crippen molar-refractivity contribution in [2.24, 2.45) is 0 Å². The summed E-state index contributed by atoms with van der Waals surface area (Å²) >= 11 is 0. The van der Waals surface area contributed by atoms with Gasteiger partial charge in [-0.05, 0) is 31.9 Å². The minimum Gasteiger partial charge on any atom is -0.397 e. The fourth-order valence-electron chi connectivity index (χ4n) is 2.90. The molecule has 4 heteroatoms. The van der Waals surface area contributed by atoms with Gasteiger partial charge in [0, 0.05) is 10.9 Å². The number of nitrogens with zero attached hydrogens (tertiary/aromatic N) is 1. The molecule has 1 heterocycles. The largest absolute Gasteiger partial charge is 0.397 e. The Bertz CT molecular complexity index is 552. The number of benzene rings is 1. The molecule has 18 heavy (non-hydrogen) atoms. The summed E-state index contributed by atoms with van der Waals surface area (Å²) in [7, 11) is 0. The van der Waals surface area contributed by atoms with E-state index in [0.717, 1.165) is 22.3 Å². The second-order valence-corrected chi connectivity index (χ2v) is 5.64. The highest BCUT2D eigenvalue weighted by atomic mass is 15.1. The zero-order valence-electron chi connectivity index (χ0n) is 10.8. The van der Waals surface area contributed by atoms with Crippen LogP contribution in [0.15, 0.2) is 18.3 Å². The van der Waals surface area contributed by atoms with Crippen molar-refractivity contribution in [1.29, 1.82) is 0 Å². The molecule has 1 saturated carbocycles. The Kier molecular flexibility index (Phi) is 2.65. The van der Waals surface area contributed by atoms with Gasteiger partial charge >= 0.3 is 0 Å². The number of fused-ring (bicyclic) bond motifs is 1. The fourth-order valence-corrected chi connectivity index (χ4v) is 2.90. The lowest BCUT2D eigenvalue weighted by Crippen LogP contribution is -2.36. The molecule has 3 rings (SSSR count). The van der Waals surface area contributed by atoms with E-state index in [2.05, 4.69) is 28.5 Å². The van der Waals surface area contributed by atoms with Crippen LogP contribution < -0.4 is 11.1 Å². The number of nitrogens with one attached hydrogen (secondary N) is 2. The van der Waals surface area contributed by atoms with Gasteiger partial charge in [0.15, 0.2) is 0 Å². The number of nitrogen functional groups attached to an aromatic ring is 1. The molecule has 0 aliphatic heterocycles. The van der Waals surface area contributed by atoms with E-state index in [-0.39, 0.29) is 5.54 Å². The standard InChI is InChI=1S/C14H20N4/c1-14(5-3-2-4-6-14)17-13-8-12-10(7-11(13)15)9-16-18-12/h7-9,17H,2-6,15H2,1H3,(H,16,18). The summed E-state index contributed by atoms with van der Waals surface area (Å²) in [4.78, 5) is 0. The van der Waals surface area contributed by atoms with Gasteiger partial charge in [0.25, 0.3) is 0 Å². The number of anilines is 2. The molecule has 4 nitrogen and oxygen atoms in total. The molecule has 1 aromatic heterocycles. The Hall–Kier alpha value is -1.71. The zero-order chi connectivity index (χ0) is 12.6. The van der Waals surface area contributed by atoms with E-state index in [0.29, 0.717) is 0 Å². The summed E-state index contributed by atoms with van der Waals surface area (Å²) < 4.78 is 0. The lowest BCUT2D eigenvalue weighted by molar-refractivity contribution is 0.349. The van der Waals surface area contributed by atoms with Crippen LogP contribution in [-0.2, 0) is 0 Å². The first-order valence-electron chi connectivity index (χ1n) is 6.67. The maximum absolute atomic E-state index is 6.12. The van der Waals surface area contributed by atoms with E-state index in [1.165, 1.54) is 32.1 Å². The van der Waals surface area contributed by atoms with Crippen molar-refractivity contribution in [2.75, 3.05) is 11.1 Å². The minimum absolute atomic E-state index is 0.181. The normalized spacial score (nSPS) is 18.9. The summed E-state index contributed by atoms with van der Waals surface area (Å²) in [6.07, 6.45) is 8.19. The van der Waals surface area contributed by atoms with Crippen molar-refractivity contribution in [2.45, 2.75) is 44.6 Å². The summed E-state index contributed by atoms with van der Waals surface area (Å²) in [5.41, 5.74) is 9.16. The van der Waals surface area contributed by atoms with Crippen LogP contribution in [0.2, 0.25) is 0 Å². The van der Waals surface area contributed by atoms with Gasteiger partial charge in [-0.15, -0.1) is 0 Å². The first-order valence-corrected chi connectivity index (χ1v) is 6.67. The van der Waals surface area contributed by atoms with E-state index in [1.807, 2.05) is 6.07 Å². The van der Waals surface area contributed by atoms with Crippen LogP contribution >= 0.6 is 0 Å². The molecule has 0 unspecified atom stereocenters. The molecule has 1 aliphatic carbocycles. The van der Waals surface area contributed by atoms with Crippen molar-refractivity contribution >= 4 is 22.3 Å². The van der Waals surface area contributed by atoms with E-state index >= 15 is 0 Å². The average Bonchev–Trinajstić information content (AvgIpc) is 2.77. The molecule has 2 aromatic rings. The highest BCUT2D eigenvalue weighted by Gasteiger charge is 2.27. The number of hydrogen-bond acceptors (Lipinski definition) is 3. The number of hydrogen-bond donors (Lipinski definition) is 3. The molecule has 0 amide bonds. The maximum Gasteiger partial charge on any atom is 0.0672 e. The van der Waals surface area contributed by atoms with Crippen molar-refractivity contribution in [3.8, 4) is 0 Å². The molecule has 1 aliphatic rings. The van der Waals surface area contributed by atoms with Gasteiger partial charge in [0.1, 0.15) is 0 Å². The first kappa shape index (κ1) is 11.4. The van der Waals surface area contributed by atoms with E-state index in [4.69, 9.17) is 5.73 Å². The van der Waals surface area contributed by atoms with E-state index in [9.17, 15) is 0 Å². The highest BCUT2D eigenvalue weighted by molar-refractivity contribution is 5.88. The lowest BCUT2D eigenvalue weighted by atomic mass is 9.83. The van der Waals surface area contributed by atoms with Gasteiger partial charge in [-0.1, -0.05) is 19.3 Å². The zero-order valence-corrected chi connectivity index (χ0v) is 10.8. The van der Waals surface area contributed by atoms with Crippen molar-refractivity contribution in [1.82, 2.24) is 10.2 Å². The van der Waals surface area contributed by atoms with Crippen LogP contribution in [0.5, 0.6) is 0 Å². The summed E-state index contributed by atoms with van der Waals surface area (Å²) in [6, 6.07) is 4.05. The molecule has 0 radical (unpaired) electrons. The predicted octanol–water partition coefficient (Wildman–Crippen LogP) is 3.28. The number of rotatable bonds is 2. The third kappa shape index (κ3) is 2.03. The highest BCUT2D eigenvalue weighted by Crippen LogP contribution is 2.34. The quantitative estimate of drug-likeness (QED) is 0.710. The molecule has 0 saturated heterocycles. The van der Waals surface area contributed by atoms with Gasteiger partial charge < -0.3 is 11.1 Å². The van der Waals surface area contributed by atoms with Crippen molar-refractivity contribution in [3.63, 3.8) is 0 Å². The second-order valence-electron chi connectivity index (χ2n) is 5.64. The van der Waals surface area contributed by atoms with E-state index < -0.39 is 0 Å². The van der Waals surface area contributed by atoms with Crippen molar-refractivity contribution in [3.05, 3.63) is 18.3 Å². The minimum atomic E-state index is 0.181. The van der Waals surface area contributed by atoms with Gasteiger partial charge in [-0.25, -0.2) is 0 Å². The topological polar surface area (TPSA) is 66.7 Å². The Balaban J connectivity index is 1.91. The van der Waals surface area contributed by atoms with Crippen LogP contribution in [0, 0.1) is 0 Å². The maximum atomic E-state index is 6.12. The average molecular weight is 244 g/mol. The molecule has 1 fully saturated rings. The Morgan fingerprint density at radius 3 is 2.83 bits per heavy atom. The predicted molar refractivity (Wildman–Crippen MR) is 75.6 cm³/mol. The van der Waals surface area contributed by atoms with Gasteiger partial charge in [-0.2, -0.15) is 5.10 Å². The van der Waals surface area contributed by atoms with Gasteiger partial charge in [0.2, 0.25) is 0 Å². The second kappa shape index (κ2) is 4.19. The van der Waals surface area contributed by atoms with Crippen LogP contribution in [0.4, 0.5) is 11.4 Å². The van der Waals surface area contributed by atoms with Crippen LogP contribution in [-0.4, -0.2) is 15.7 Å². The molecule has 0 atom stereocenters. The summed E-state index contributed by atoms with van der Waals surface area (Å²) in [5.74, 6) is 0. The van der Waals surface area contributed by atoms with Crippen LogP contribution in [0.1, 0.15) is 39.0 Å². The molecule has 4 N–H and O–H groups in total. The number of aromatic amines is 1. The molecule has 96 valence electrons. The van der Waals surface area contributed by atoms with Crippen molar-refractivity contribution < 1.29 is 0 Å². The van der Waals surface area contributed by atoms with Gasteiger partial charge in [0.05, 0.1) is 23.1 Å². The fraction of sp³-hybridized carbons (Fsp3) is 0.500. The molecule has 0 spiro atoms. The summed E-state index contributed by atoms with van der Waals surface area (Å²) in [5, 5.41) is 11.7. The third-order valence-corrected chi connectivity index (χ3v) is 4.00. The Labute approximate surface area is 107 Å². The smallest absolute Gasteiger partial charge is 0.0672 e.